The Morgan fingerprint density at radius 2 is 1.58 bits per heavy atom. The van der Waals surface area contributed by atoms with Crippen LogP contribution in [0, 0.1) is 0 Å². The number of nitrogens with one attached hydrogen (secondary N) is 2. The van der Waals surface area contributed by atoms with Gasteiger partial charge in [-0.25, -0.2) is 0 Å². The van der Waals surface area contributed by atoms with Gasteiger partial charge in [-0.05, 0) is 29.9 Å². The van der Waals surface area contributed by atoms with Crippen LogP contribution in [0.4, 0.5) is 5.69 Å². The lowest BCUT2D eigenvalue weighted by Crippen LogP contribution is -2.34. The molecule has 3 nitrogen and oxygen atoms in total. The van der Waals surface area contributed by atoms with Crippen molar-refractivity contribution in [3.63, 3.8) is 0 Å². The molecule has 120 valence electrons. The molecular formula is C21H20N2O. The van der Waals surface area contributed by atoms with Crippen LogP contribution in [-0.4, -0.2) is 11.9 Å². The van der Waals surface area contributed by atoms with E-state index < -0.39 is 6.04 Å². The Morgan fingerprint density at radius 1 is 0.875 bits per heavy atom. The molecule has 0 spiro atoms. The Labute approximate surface area is 141 Å². The van der Waals surface area contributed by atoms with Crippen molar-refractivity contribution >= 4 is 22.4 Å². The third kappa shape index (κ3) is 3.11. The summed E-state index contributed by atoms with van der Waals surface area (Å²) < 4.78 is 0. The van der Waals surface area contributed by atoms with Crippen LogP contribution < -0.4 is 10.6 Å². The van der Waals surface area contributed by atoms with E-state index >= 15 is 0 Å². The maximum absolute atomic E-state index is 12.8. The number of rotatable bonds is 5. The first-order valence-electron chi connectivity index (χ1n) is 8.41. The maximum atomic E-state index is 12.8. The lowest BCUT2D eigenvalue weighted by atomic mass is 10.0. The highest BCUT2D eigenvalue weighted by Gasteiger charge is 2.28. The Kier molecular flexibility index (Phi) is 3.91. The predicted molar refractivity (Wildman–Crippen MR) is 97.9 cm³/mol. The van der Waals surface area contributed by atoms with Gasteiger partial charge in [-0.15, -0.1) is 0 Å². The van der Waals surface area contributed by atoms with Crippen molar-refractivity contribution < 1.29 is 4.79 Å². The Bertz CT molecular complexity index is 851. The second kappa shape index (κ2) is 6.36. The number of hydrogen-bond donors (Lipinski definition) is 2. The number of benzene rings is 3. The fourth-order valence-electron chi connectivity index (χ4n) is 2.96. The van der Waals surface area contributed by atoms with E-state index in [2.05, 4.69) is 28.8 Å². The minimum absolute atomic E-state index is 0.0386. The van der Waals surface area contributed by atoms with Crippen LogP contribution in [0.3, 0.4) is 0 Å². The molecule has 1 fully saturated rings. The molecular weight excluding hydrogens is 296 g/mol. The van der Waals surface area contributed by atoms with Gasteiger partial charge < -0.3 is 10.6 Å². The van der Waals surface area contributed by atoms with Crippen LogP contribution in [0.25, 0.3) is 10.8 Å². The molecule has 24 heavy (non-hydrogen) atoms. The molecule has 1 atom stereocenters. The minimum atomic E-state index is -0.391. The van der Waals surface area contributed by atoms with Gasteiger partial charge in [0.25, 0.3) is 0 Å². The maximum Gasteiger partial charge on any atom is 0.247 e. The summed E-state index contributed by atoms with van der Waals surface area (Å²) in [6, 6.07) is 24.2. The van der Waals surface area contributed by atoms with E-state index in [0.29, 0.717) is 6.04 Å². The summed E-state index contributed by atoms with van der Waals surface area (Å²) in [6.07, 6.45) is 2.17. The Balaban J connectivity index is 1.69. The molecule has 1 amide bonds. The molecule has 3 aromatic rings. The molecule has 0 heterocycles. The van der Waals surface area contributed by atoms with Crippen LogP contribution in [0.5, 0.6) is 0 Å². The van der Waals surface area contributed by atoms with Crippen LogP contribution in [0.2, 0.25) is 0 Å². The molecule has 0 unspecified atom stereocenters. The molecule has 1 saturated carbocycles. The van der Waals surface area contributed by atoms with Gasteiger partial charge in [-0.3, -0.25) is 4.79 Å². The number of carbonyl (C=O) groups is 1. The van der Waals surface area contributed by atoms with Crippen molar-refractivity contribution in [3.05, 3.63) is 78.4 Å². The second-order valence-electron chi connectivity index (χ2n) is 6.30. The molecule has 2 N–H and O–H groups in total. The summed E-state index contributed by atoms with van der Waals surface area (Å²) >= 11 is 0. The predicted octanol–water partition coefficient (Wildman–Crippen LogP) is 4.27. The third-order valence-corrected chi connectivity index (χ3v) is 4.41. The molecule has 0 saturated heterocycles. The van der Waals surface area contributed by atoms with Gasteiger partial charge in [0.2, 0.25) is 5.91 Å². The van der Waals surface area contributed by atoms with E-state index in [1.807, 2.05) is 54.6 Å². The van der Waals surface area contributed by atoms with Crippen molar-refractivity contribution in [1.29, 1.82) is 0 Å². The minimum Gasteiger partial charge on any atom is -0.370 e. The van der Waals surface area contributed by atoms with E-state index in [9.17, 15) is 4.79 Å². The van der Waals surface area contributed by atoms with Crippen molar-refractivity contribution in [2.45, 2.75) is 24.9 Å². The van der Waals surface area contributed by atoms with E-state index in [-0.39, 0.29) is 5.91 Å². The Hall–Kier alpha value is -2.81. The smallest absolute Gasteiger partial charge is 0.247 e. The number of carbonyl (C=O) groups excluding carboxylic acids is 1. The van der Waals surface area contributed by atoms with E-state index in [1.54, 1.807) is 0 Å². The van der Waals surface area contributed by atoms with Gasteiger partial charge in [0.15, 0.2) is 0 Å². The van der Waals surface area contributed by atoms with Crippen LogP contribution in [0.15, 0.2) is 72.8 Å². The number of fused-ring (bicyclic) bond motifs is 1. The second-order valence-corrected chi connectivity index (χ2v) is 6.30. The molecule has 0 bridgehead atoms. The fraction of sp³-hybridized carbons (Fsp3) is 0.190. The van der Waals surface area contributed by atoms with Gasteiger partial charge in [0, 0.05) is 17.1 Å². The van der Waals surface area contributed by atoms with Crippen LogP contribution in [-0.2, 0) is 4.79 Å². The average Bonchev–Trinajstić information content (AvgIpc) is 3.44. The number of anilines is 1. The molecule has 0 aromatic heterocycles. The highest BCUT2D eigenvalue weighted by Crippen LogP contribution is 2.28. The van der Waals surface area contributed by atoms with Gasteiger partial charge in [0.1, 0.15) is 6.04 Å². The van der Waals surface area contributed by atoms with Crippen molar-refractivity contribution in [2.24, 2.45) is 0 Å². The van der Waals surface area contributed by atoms with Gasteiger partial charge in [-0.2, -0.15) is 0 Å². The largest absolute Gasteiger partial charge is 0.370 e. The van der Waals surface area contributed by atoms with E-state index in [4.69, 9.17) is 0 Å². The first-order valence-corrected chi connectivity index (χ1v) is 8.41. The molecule has 3 heteroatoms. The van der Waals surface area contributed by atoms with Crippen molar-refractivity contribution in [2.75, 3.05) is 5.32 Å². The highest BCUT2D eigenvalue weighted by molar-refractivity contribution is 5.96. The molecule has 1 aliphatic rings. The zero-order chi connectivity index (χ0) is 16.4. The fourth-order valence-corrected chi connectivity index (χ4v) is 2.96. The third-order valence-electron chi connectivity index (χ3n) is 4.41. The van der Waals surface area contributed by atoms with Crippen molar-refractivity contribution in [1.82, 2.24) is 5.32 Å². The zero-order valence-corrected chi connectivity index (χ0v) is 13.4. The first kappa shape index (κ1) is 14.8. The quantitative estimate of drug-likeness (QED) is 0.738. The lowest BCUT2D eigenvalue weighted by Gasteiger charge is -2.21. The SMILES string of the molecule is O=C(NC1CC1)[C@H](Nc1cccc2ccccc12)c1ccccc1. The topological polar surface area (TPSA) is 41.1 Å². The summed E-state index contributed by atoms with van der Waals surface area (Å²) in [5.74, 6) is 0.0386. The standard InChI is InChI=1S/C21H20N2O/c24-21(22-17-13-14-17)20(16-8-2-1-3-9-16)23-19-12-6-10-15-7-4-5-11-18(15)19/h1-12,17,20,23H,13-14H2,(H,22,24)/t20-/m1/s1. The molecule has 0 radical (unpaired) electrons. The van der Waals surface area contributed by atoms with Gasteiger partial charge in [0.05, 0.1) is 0 Å². The monoisotopic (exact) mass is 316 g/mol. The lowest BCUT2D eigenvalue weighted by molar-refractivity contribution is -0.122. The van der Waals surface area contributed by atoms with E-state index in [1.165, 1.54) is 0 Å². The van der Waals surface area contributed by atoms with E-state index in [0.717, 1.165) is 34.9 Å². The summed E-state index contributed by atoms with van der Waals surface area (Å²) in [5, 5.41) is 8.87. The van der Waals surface area contributed by atoms with Gasteiger partial charge >= 0.3 is 0 Å². The number of hydrogen-bond acceptors (Lipinski definition) is 2. The Morgan fingerprint density at radius 3 is 2.38 bits per heavy atom. The molecule has 3 aromatic carbocycles. The normalized spacial score (nSPS) is 15.0. The van der Waals surface area contributed by atoms with Gasteiger partial charge in [-0.1, -0.05) is 66.7 Å². The number of amides is 1. The van der Waals surface area contributed by atoms with Crippen molar-refractivity contribution in [3.8, 4) is 0 Å². The summed E-state index contributed by atoms with van der Waals surface area (Å²) in [6.45, 7) is 0. The molecule has 4 rings (SSSR count). The summed E-state index contributed by atoms with van der Waals surface area (Å²) in [7, 11) is 0. The molecule has 0 aliphatic heterocycles. The van der Waals surface area contributed by atoms with Crippen LogP contribution >= 0.6 is 0 Å². The molecule has 1 aliphatic carbocycles. The first-order chi connectivity index (χ1) is 11.8. The summed E-state index contributed by atoms with van der Waals surface area (Å²) in [4.78, 5) is 12.8. The summed E-state index contributed by atoms with van der Waals surface area (Å²) in [5.41, 5.74) is 1.96. The average molecular weight is 316 g/mol. The zero-order valence-electron chi connectivity index (χ0n) is 13.4. The van der Waals surface area contributed by atoms with Crippen LogP contribution in [0.1, 0.15) is 24.4 Å². The highest BCUT2D eigenvalue weighted by atomic mass is 16.2.